The first kappa shape index (κ1) is 15.6. The molecular weight excluding hydrogens is 272 g/mol. The van der Waals surface area contributed by atoms with E-state index in [0.29, 0.717) is 19.5 Å². The molecule has 6 nitrogen and oxygen atoms in total. The third-order valence-electron chi connectivity index (χ3n) is 3.16. The molecule has 0 fully saturated rings. The Morgan fingerprint density at radius 1 is 1.29 bits per heavy atom. The Labute approximate surface area is 124 Å². The van der Waals surface area contributed by atoms with Gasteiger partial charge in [0.25, 0.3) is 0 Å². The minimum atomic E-state index is 0.0342. The third kappa shape index (κ3) is 5.24. The molecule has 116 valence electrons. The van der Waals surface area contributed by atoms with Gasteiger partial charge in [-0.05, 0) is 30.7 Å². The second kappa shape index (κ2) is 8.49. The summed E-state index contributed by atoms with van der Waals surface area (Å²) >= 11 is 0. The molecule has 0 unspecified atom stereocenters. The SMILES string of the molecule is COCCCNCCC(=O)NCc1ccc2c(c1)OCO2. The highest BCUT2D eigenvalue weighted by molar-refractivity contribution is 5.76. The second-order valence-electron chi connectivity index (χ2n) is 4.81. The molecule has 0 saturated heterocycles. The average molecular weight is 294 g/mol. The number of ether oxygens (including phenoxy) is 3. The van der Waals surface area contributed by atoms with Crippen LogP contribution in [0.15, 0.2) is 18.2 Å². The van der Waals surface area contributed by atoms with Crippen LogP contribution in [0.3, 0.4) is 0 Å². The third-order valence-corrected chi connectivity index (χ3v) is 3.16. The summed E-state index contributed by atoms with van der Waals surface area (Å²) in [5.74, 6) is 1.53. The van der Waals surface area contributed by atoms with Crippen LogP contribution in [0.1, 0.15) is 18.4 Å². The van der Waals surface area contributed by atoms with E-state index >= 15 is 0 Å². The van der Waals surface area contributed by atoms with Crippen molar-refractivity contribution in [3.8, 4) is 11.5 Å². The van der Waals surface area contributed by atoms with Crippen LogP contribution >= 0.6 is 0 Å². The molecule has 1 aliphatic heterocycles. The van der Waals surface area contributed by atoms with Crippen LogP contribution in [0, 0.1) is 0 Å². The van der Waals surface area contributed by atoms with Crippen LogP contribution in [-0.2, 0) is 16.1 Å². The normalized spacial score (nSPS) is 12.4. The largest absolute Gasteiger partial charge is 0.454 e. The molecule has 1 aliphatic rings. The lowest BCUT2D eigenvalue weighted by Gasteiger charge is -2.07. The fourth-order valence-corrected chi connectivity index (χ4v) is 2.01. The first-order valence-corrected chi connectivity index (χ1v) is 7.14. The molecule has 21 heavy (non-hydrogen) atoms. The molecule has 2 N–H and O–H groups in total. The summed E-state index contributed by atoms with van der Waals surface area (Å²) in [6, 6.07) is 5.68. The predicted molar refractivity (Wildman–Crippen MR) is 78.4 cm³/mol. The van der Waals surface area contributed by atoms with E-state index in [1.54, 1.807) is 7.11 Å². The summed E-state index contributed by atoms with van der Waals surface area (Å²) in [6.45, 7) is 3.04. The van der Waals surface area contributed by atoms with E-state index in [2.05, 4.69) is 10.6 Å². The monoisotopic (exact) mass is 294 g/mol. The number of fused-ring (bicyclic) bond motifs is 1. The van der Waals surface area contributed by atoms with E-state index in [4.69, 9.17) is 14.2 Å². The Morgan fingerprint density at radius 2 is 2.14 bits per heavy atom. The Morgan fingerprint density at radius 3 is 3.00 bits per heavy atom. The van der Waals surface area contributed by atoms with Gasteiger partial charge in [0.05, 0.1) is 0 Å². The van der Waals surface area contributed by atoms with Crippen molar-refractivity contribution in [1.29, 1.82) is 0 Å². The number of hydrogen-bond donors (Lipinski definition) is 2. The molecule has 0 aliphatic carbocycles. The minimum absolute atomic E-state index is 0.0342. The van der Waals surface area contributed by atoms with E-state index in [9.17, 15) is 4.79 Å². The predicted octanol–water partition coefficient (Wildman–Crippen LogP) is 1.05. The van der Waals surface area contributed by atoms with Gasteiger partial charge >= 0.3 is 0 Å². The summed E-state index contributed by atoms with van der Waals surface area (Å²) in [5, 5.41) is 6.10. The van der Waals surface area contributed by atoms with Crippen molar-refractivity contribution < 1.29 is 19.0 Å². The molecule has 1 aromatic rings. The van der Waals surface area contributed by atoms with Crippen molar-refractivity contribution in [1.82, 2.24) is 10.6 Å². The Balaban J connectivity index is 1.60. The van der Waals surface area contributed by atoms with Gasteiger partial charge in [-0.15, -0.1) is 0 Å². The Hall–Kier alpha value is -1.79. The first-order valence-electron chi connectivity index (χ1n) is 7.14. The number of benzene rings is 1. The summed E-state index contributed by atoms with van der Waals surface area (Å²) in [5.41, 5.74) is 1.00. The molecule has 0 spiro atoms. The highest BCUT2D eigenvalue weighted by Crippen LogP contribution is 2.32. The smallest absolute Gasteiger partial charge is 0.231 e. The summed E-state index contributed by atoms with van der Waals surface area (Å²) in [4.78, 5) is 11.7. The zero-order valence-corrected chi connectivity index (χ0v) is 12.3. The van der Waals surface area contributed by atoms with Crippen molar-refractivity contribution in [2.24, 2.45) is 0 Å². The van der Waals surface area contributed by atoms with Crippen molar-refractivity contribution in [3.05, 3.63) is 23.8 Å². The van der Waals surface area contributed by atoms with Gasteiger partial charge in [0.15, 0.2) is 11.5 Å². The van der Waals surface area contributed by atoms with E-state index in [0.717, 1.165) is 36.6 Å². The molecule has 0 atom stereocenters. The molecule has 0 radical (unpaired) electrons. The van der Waals surface area contributed by atoms with Gasteiger partial charge in [-0.1, -0.05) is 6.07 Å². The highest BCUT2D eigenvalue weighted by Gasteiger charge is 2.13. The summed E-state index contributed by atoms with van der Waals surface area (Å²) in [7, 11) is 1.68. The minimum Gasteiger partial charge on any atom is -0.454 e. The highest BCUT2D eigenvalue weighted by atomic mass is 16.7. The molecule has 6 heteroatoms. The van der Waals surface area contributed by atoms with Crippen LogP contribution in [0.25, 0.3) is 0 Å². The van der Waals surface area contributed by atoms with Crippen molar-refractivity contribution in [2.45, 2.75) is 19.4 Å². The molecule has 1 amide bonds. The summed E-state index contributed by atoms with van der Waals surface area (Å²) in [6.07, 6.45) is 1.42. The molecule has 1 aromatic carbocycles. The second-order valence-corrected chi connectivity index (χ2v) is 4.81. The van der Waals surface area contributed by atoms with Gasteiger partial charge in [-0.3, -0.25) is 4.79 Å². The molecule has 0 bridgehead atoms. The van der Waals surface area contributed by atoms with Crippen molar-refractivity contribution >= 4 is 5.91 Å². The number of carbonyl (C=O) groups is 1. The number of amides is 1. The standard InChI is InChI=1S/C15H22N2O4/c1-19-8-2-6-16-7-5-15(18)17-10-12-3-4-13-14(9-12)21-11-20-13/h3-4,9,16H,2,5-8,10-11H2,1H3,(H,17,18). The van der Waals surface area contributed by atoms with E-state index in [1.165, 1.54) is 0 Å². The molecular formula is C15H22N2O4. The lowest BCUT2D eigenvalue weighted by molar-refractivity contribution is -0.121. The van der Waals surface area contributed by atoms with Gasteiger partial charge in [0.1, 0.15) is 0 Å². The lowest BCUT2D eigenvalue weighted by Crippen LogP contribution is -2.28. The van der Waals surface area contributed by atoms with Gasteiger partial charge in [0, 0.05) is 33.2 Å². The van der Waals surface area contributed by atoms with Crippen LogP contribution in [0.4, 0.5) is 0 Å². The number of carbonyl (C=O) groups excluding carboxylic acids is 1. The van der Waals surface area contributed by atoms with Gasteiger partial charge < -0.3 is 24.8 Å². The van der Waals surface area contributed by atoms with Gasteiger partial charge in [0.2, 0.25) is 12.7 Å². The van der Waals surface area contributed by atoms with Crippen LogP contribution in [-0.4, -0.2) is 39.5 Å². The first-order chi connectivity index (χ1) is 10.3. The summed E-state index contributed by atoms with van der Waals surface area (Å²) < 4.78 is 15.5. The quantitative estimate of drug-likeness (QED) is 0.666. The van der Waals surface area contributed by atoms with Crippen molar-refractivity contribution in [2.75, 3.05) is 33.6 Å². The van der Waals surface area contributed by atoms with Gasteiger partial charge in [-0.25, -0.2) is 0 Å². The number of hydrogen-bond acceptors (Lipinski definition) is 5. The zero-order chi connectivity index (χ0) is 14.9. The van der Waals surface area contributed by atoms with E-state index < -0.39 is 0 Å². The Bertz CT molecular complexity index is 465. The Kier molecular flexibility index (Phi) is 6.30. The number of methoxy groups -OCH3 is 1. The number of rotatable bonds is 9. The molecule has 0 aromatic heterocycles. The zero-order valence-electron chi connectivity index (χ0n) is 12.3. The van der Waals surface area contributed by atoms with E-state index in [-0.39, 0.29) is 12.7 Å². The molecule has 0 saturated carbocycles. The van der Waals surface area contributed by atoms with E-state index in [1.807, 2.05) is 18.2 Å². The molecule has 2 rings (SSSR count). The maximum Gasteiger partial charge on any atom is 0.231 e. The van der Waals surface area contributed by atoms with Crippen molar-refractivity contribution in [3.63, 3.8) is 0 Å². The van der Waals surface area contributed by atoms with Crippen LogP contribution in [0.5, 0.6) is 11.5 Å². The topological polar surface area (TPSA) is 68.8 Å². The van der Waals surface area contributed by atoms with Crippen LogP contribution < -0.4 is 20.1 Å². The maximum absolute atomic E-state index is 11.7. The fraction of sp³-hybridized carbons (Fsp3) is 0.533. The van der Waals surface area contributed by atoms with Gasteiger partial charge in [-0.2, -0.15) is 0 Å². The fourth-order valence-electron chi connectivity index (χ4n) is 2.01. The van der Waals surface area contributed by atoms with Crippen LogP contribution in [0.2, 0.25) is 0 Å². The lowest BCUT2D eigenvalue weighted by atomic mass is 10.2. The number of nitrogens with one attached hydrogen (secondary N) is 2. The maximum atomic E-state index is 11.7. The molecule has 1 heterocycles. The average Bonchev–Trinajstić information content (AvgIpc) is 2.96.